The van der Waals surface area contributed by atoms with Gasteiger partial charge >= 0.3 is 0 Å². The molecule has 1 aliphatic heterocycles. The Balaban J connectivity index is 1.56. The summed E-state index contributed by atoms with van der Waals surface area (Å²) in [5, 5.41) is 6.63. The molecule has 0 saturated carbocycles. The predicted molar refractivity (Wildman–Crippen MR) is 108 cm³/mol. The summed E-state index contributed by atoms with van der Waals surface area (Å²) in [5.74, 6) is -0.405. The zero-order chi connectivity index (χ0) is 20.3. The summed E-state index contributed by atoms with van der Waals surface area (Å²) in [6.07, 6.45) is 0.890. The third-order valence-electron chi connectivity index (χ3n) is 5.08. The van der Waals surface area contributed by atoms with Gasteiger partial charge in [0.15, 0.2) is 0 Å². The zero-order valence-corrected chi connectivity index (χ0v) is 16.5. The molecule has 0 atom stereocenters. The van der Waals surface area contributed by atoms with Crippen LogP contribution in [0.3, 0.4) is 0 Å². The minimum atomic E-state index is -0.857. The number of para-hydroxylation sites is 1. The Labute approximate surface area is 164 Å². The van der Waals surface area contributed by atoms with Crippen LogP contribution < -0.4 is 10.6 Å². The zero-order valence-electron chi connectivity index (χ0n) is 16.5. The quantitative estimate of drug-likeness (QED) is 0.831. The van der Waals surface area contributed by atoms with Crippen LogP contribution in [0.4, 0.5) is 5.69 Å². The van der Waals surface area contributed by atoms with Crippen molar-refractivity contribution >= 4 is 34.3 Å². The SMILES string of the molecule is Cc1ccc2cccc(NC(=O)CCCC(=O)N3CCNC(=O)C3(C)C)c2n1. The number of aryl methyl sites for hydroxylation is 1. The molecule has 7 nitrogen and oxygen atoms in total. The van der Waals surface area contributed by atoms with Crippen LogP contribution in [-0.2, 0) is 14.4 Å². The van der Waals surface area contributed by atoms with Crippen molar-refractivity contribution in [3.05, 3.63) is 36.0 Å². The van der Waals surface area contributed by atoms with Gasteiger partial charge in [-0.1, -0.05) is 18.2 Å². The topological polar surface area (TPSA) is 91.4 Å². The van der Waals surface area contributed by atoms with E-state index in [2.05, 4.69) is 15.6 Å². The lowest BCUT2D eigenvalue weighted by atomic mass is 9.98. The molecule has 1 fully saturated rings. The number of carbonyl (C=O) groups excluding carboxylic acids is 3. The molecule has 1 aromatic heterocycles. The van der Waals surface area contributed by atoms with Crippen LogP contribution in [-0.4, -0.2) is 46.2 Å². The number of benzene rings is 1. The molecule has 0 bridgehead atoms. The molecule has 0 unspecified atom stereocenters. The number of pyridine rings is 1. The number of hydrogen-bond acceptors (Lipinski definition) is 4. The van der Waals surface area contributed by atoms with Crippen molar-refractivity contribution in [3.63, 3.8) is 0 Å². The summed E-state index contributed by atoms with van der Waals surface area (Å²) >= 11 is 0. The van der Waals surface area contributed by atoms with Gasteiger partial charge in [-0.05, 0) is 39.3 Å². The number of fused-ring (bicyclic) bond motifs is 1. The molecule has 0 aliphatic carbocycles. The summed E-state index contributed by atoms with van der Waals surface area (Å²) in [4.78, 5) is 42.9. The van der Waals surface area contributed by atoms with E-state index >= 15 is 0 Å². The normalized spacial score (nSPS) is 16.0. The molecular weight excluding hydrogens is 356 g/mol. The van der Waals surface area contributed by atoms with E-state index in [1.165, 1.54) is 0 Å². The van der Waals surface area contributed by atoms with Crippen LogP contribution in [0.5, 0.6) is 0 Å². The molecule has 7 heteroatoms. The van der Waals surface area contributed by atoms with E-state index in [4.69, 9.17) is 0 Å². The smallest absolute Gasteiger partial charge is 0.245 e. The second kappa shape index (κ2) is 7.96. The molecule has 0 spiro atoms. The fourth-order valence-electron chi connectivity index (χ4n) is 3.43. The summed E-state index contributed by atoms with van der Waals surface area (Å²) in [5.41, 5.74) is 1.46. The molecule has 28 heavy (non-hydrogen) atoms. The van der Waals surface area contributed by atoms with Crippen molar-refractivity contribution in [2.24, 2.45) is 0 Å². The molecule has 1 aromatic carbocycles. The molecule has 3 rings (SSSR count). The largest absolute Gasteiger partial charge is 0.352 e. The van der Waals surface area contributed by atoms with Crippen LogP contribution in [0, 0.1) is 6.92 Å². The number of aromatic nitrogens is 1. The fourth-order valence-corrected chi connectivity index (χ4v) is 3.43. The van der Waals surface area contributed by atoms with Crippen LogP contribution in [0.25, 0.3) is 10.9 Å². The maximum absolute atomic E-state index is 12.5. The monoisotopic (exact) mass is 382 g/mol. The van der Waals surface area contributed by atoms with Crippen molar-refractivity contribution < 1.29 is 14.4 Å². The molecule has 2 N–H and O–H groups in total. The van der Waals surface area contributed by atoms with Gasteiger partial charge in [0.1, 0.15) is 5.54 Å². The third-order valence-corrected chi connectivity index (χ3v) is 5.08. The van der Waals surface area contributed by atoms with Crippen molar-refractivity contribution in [1.29, 1.82) is 0 Å². The van der Waals surface area contributed by atoms with Gasteiger partial charge in [0.25, 0.3) is 0 Å². The molecule has 3 amide bonds. The molecule has 1 aliphatic rings. The number of anilines is 1. The molecular formula is C21H26N4O3. The van der Waals surface area contributed by atoms with Gasteiger partial charge in [0, 0.05) is 37.0 Å². The summed E-state index contributed by atoms with van der Waals surface area (Å²) in [6.45, 7) is 6.34. The molecule has 148 valence electrons. The van der Waals surface area contributed by atoms with Gasteiger partial charge in [0.2, 0.25) is 17.7 Å². The maximum Gasteiger partial charge on any atom is 0.245 e. The highest BCUT2D eigenvalue weighted by molar-refractivity contribution is 6.00. The van der Waals surface area contributed by atoms with Gasteiger partial charge < -0.3 is 15.5 Å². The van der Waals surface area contributed by atoms with Gasteiger partial charge in [-0.2, -0.15) is 0 Å². The predicted octanol–water partition coefficient (Wildman–Crippen LogP) is 2.39. The van der Waals surface area contributed by atoms with Crippen LogP contribution in [0.1, 0.15) is 38.8 Å². The average molecular weight is 382 g/mol. The number of amides is 3. The number of hydrogen-bond donors (Lipinski definition) is 2. The standard InChI is InChI=1S/C21H26N4O3/c1-14-10-11-15-6-4-7-16(19(15)23-14)24-17(26)8-5-9-18(27)25-13-12-22-20(28)21(25,2)3/h4,6-7,10-11H,5,8-9,12-13H2,1-3H3,(H,22,28)(H,24,26). The fraction of sp³-hybridized carbons (Fsp3) is 0.429. The minimum Gasteiger partial charge on any atom is -0.352 e. The van der Waals surface area contributed by atoms with Crippen LogP contribution >= 0.6 is 0 Å². The average Bonchev–Trinajstić information content (AvgIpc) is 2.64. The Morgan fingerprint density at radius 3 is 2.79 bits per heavy atom. The minimum absolute atomic E-state index is 0.102. The number of rotatable bonds is 5. The highest BCUT2D eigenvalue weighted by atomic mass is 16.2. The first-order chi connectivity index (χ1) is 13.3. The van der Waals surface area contributed by atoms with Gasteiger partial charge in [0.05, 0.1) is 11.2 Å². The van der Waals surface area contributed by atoms with Crippen LogP contribution in [0.15, 0.2) is 30.3 Å². The van der Waals surface area contributed by atoms with E-state index in [9.17, 15) is 14.4 Å². The van der Waals surface area contributed by atoms with E-state index in [-0.39, 0.29) is 30.6 Å². The molecule has 1 saturated heterocycles. The first kappa shape index (κ1) is 19.8. The molecule has 0 radical (unpaired) electrons. The summed E-state index contributed by atoms with van der Waals surface area (Å²) in [7, 11) is 0. The first-order valence-electron chi connectivity index (χ1n) is 9.54. The lowest BCUT2D eigenvalue weighted by molar-refractivity contribution is -0.149. The number of carbonyl (C=O) groups is 3. The van der Waals surface area contributed by atoms with Gasteiger partial charge in [-0.15, -0.1) is 0 Å². The summed E-state index contributed by atoms with van der Waals surface area (Å²) in [6, 6.07) is 9.56. The second-order valence-electron chi connectivity index (χ2n) is 7.59. The Morgan fingerprint density at radius 1 is 1.21 bits per heavy atom. The number of nitrogens with zero attached hydrogens (tertiary/aromatic N) is 2. The Hall–Kier alpha value is -2.96. The highest BCUT2D eigenvalue weighted by Gasteiger charge is 2.39. The maximum atomic E-state index is 12.5. The lowest BCUT2D eigenvalue weighted by Crippen LogP contribution is -2.63. The Kier molecular flexibility index (Phi) is 5.63. The van der Waals surface area contributed by atoms with E-state index in [1.807, 2.05) is 37.3 Å². The van der Waals surface area contributed by atoms with Crippen molar-refractivity contribution in [2.45, 2.75) is 45.6 Å². The summed E-state index contributed by atoms with van der Waals surface area (Å²) < 4.78 is 0. The number of piperazine rings is 1. The molecule has 2 aromatic rings. The van der Waals surface area contributed by atoms with Crippen molar-refractivity contribution in [1.82, 2.24) is 15.2 Å². The number of nitrogens with one attached hydrogen (secondary N) is 2. The van der Waals surface area contributed by atoms with E-state index in [1.54, 1.807) is 18.7 Å². The Morgan fingerprint density at radius 2 is 2.00 bits per heavy atom. The van der Waals surface area contributed by atoms with E-state index in [0.29, 0.717) is 25.2 Å². The van der Waals surface area contributed by atoms with Gasteiger partial charge in [-0.3, -0.25) is 19.4 Å². The molecule has 2 heterocycles. The van der Waals surface area contributed by atoms with Crippen molar-refractivity contribution in [3.8, 4) is 0 Å². The lowest BCUT2D eigenvalue weighted by Gasteiger charge is -2.41. The van der Waals surface area contributed by atoms with E-state index < -0.39 is 5.54 Å². The van der Waals surface area contributed by atoms with Crippen molar-refractivity contribution in [2.75, 3.05) is 18.4 Å². The van der Waals surface area contributed by atoms with Crippen LogP contribution in [0.2, 0.25) is 0 Å². The third kappa shape index (κ3) is 4.13. The second-order valence-corrected chi connectivity index (χ2v) is 7.59. The highest BCUT2D eigenvalue weighted by Crippen LogP contribution is 2.22. The first-order valence-corrected chi connectivity index (χ1v) is 9.54. The Bertz CT molecular complexity index is 923. The van der Waals surface area contributed by atoms with Gasteiger partial charge in [-0.25, -0.2) is 0 Å². The van der Waals surface area contributed by atoms with E-state index in [0.717, 1.165) is 16.6 Å².